The largest absolute Gasteiger partial charge is 0.467 e. The van der Waals surface area contributed by atoms with Gasteiger partial charge in [-0.2, -0.15) is 5.26 Å². The first-order valence-corrected chi connectivity index (χ1v) is 11.9. The van der Waals surface area contributed by atoms with Crippen molar-refractivity contribution >= 4 is 45.2 Å². The molecule has 0 unspecified atom stereocenters. The van der Waals surface area contributed by atoms with E-state index in [9.17, 15) is 14.9 Å². The Hall–Kier alpha value is -3.28. The molecule has 3 aromatic rings. The first-order chi connectivity index (χ1) is 16.0. The molecule has 1 atom stereocenters. The molecule has 0 saturated carbocycles. The summed E-state index contributed by atoms with van der Waals surface area (Å²) in [7, 11) is 0. The van der Waals surface area contributed by atoms with E-state index in [2.05, 4.69) is 21.2 Å². The van der Waals surface area contributed by atoms with Crippen molar-refractivity contribution in [3.63, 3.8) is 0 Å². The molecule has 8 heteroatoms. The van der Waals surface area contributed by atoms with E-state index in [1.165, 1.54) is 22.9 Å². The smallest absolute Gasteiger partial charge is 0.265 e. The molecule has 1 aliphatic heterocycles. The number of furan rings is 1. The lowest BCUT2D eigenvalue weighted by Gasteiger charge is -2.18. The van der Waals surface area contributed by atoms with E-state index in [-0.39, 0.29) is 18.0 Å². The highest BCUT2D eigenvalue weighted by Crippen LogP contribution is 2.42. The molecule has 1 N–H and O–H groups in total. The Morgan fingerprint density at radius 2 is 1.91 bits per heavy atom. The third-order valence-electron chi connectivity index (χ3n) is 5.14. The molecule has 0 radical (unpaired) electrons. The van der Waals surface area contributed by atoms with E-state index in [0.29, 0.717) is 22.9 Å². The summed E-state index contributed by atoms with van der Waals surface area (Å²) in [5.41, 5.74) is 2.66. The van der Waals surface area contributed by atoms with Crippen LogP contribution in [0.3, 0.4) is 0 Å². The van der Waals surface area contributed by atoms with Gasteiger partial charge in [-0.25, -0.2) is 0 Å². The zero-order valence-electron chi connectivity index (χ0n) is 17.7. The zero-order chi connectivity index (χ0) is 23.4. The van der Waals surface area contributed by atoms with Crippen LogP contribution in [0.5, 0.6) is 0 Å². The minimum Gasteiger partial charge on any atom is -0.467 e. The molecule has 2 amide bonds. The fraction of sp³-hybridized carbons (Fsp3) is 0.160. The molecule has 1 aliphatic rings. The quantitative estimate of drug-likeness (QED) is 0.360. The first kappa shape index (κ1) is 22.9. The Bertz CT molecular complexity index is 1230. The minimum atomic E-state index is -0.553. The molecule has 2 heterocycles. The highest BCUT2D eigenvalue weighted by atomic mass is 79.9. The van der Waals surface area contributed by atoms with Crippen molar-refractivity contribution in [1.29, 1.82) is 5.26 Å². The molecule has 4 rings (SSSR count). The number of hydrogen-bond donors (Lipinski definition) is 1. The van der Waals surface area contributed by atoms with Gasteiger partial charge in [0.05, 0.1) is 18.1 Å². The number of nitrogens with one attached hydrogen (secondary N) is 1. The van der Waals surface area contributed by atoms with Gasteiger partial charge in [0.25, 0.3) is 5.91 Å². The Morgan fingerprint density at radius 3 is 2.55 bits per heavy atom. The van der Waals surface area contributed by atoms with Gasteiger partial charge >= 0.3 is 0 Å². The monoisotopic (exact) mass is 521 g/mol. The van der Waals surface area contributed by atoms with Crippen molar-refractivity contribution in [2.45, 2.75) is 25.1 Å². The lowest BCUT2D eigenvalue weighted by atomic mass is 10.1. The fourth-order valence-corrected chi connectivity index (χ4v) is 4.99. The minimum absolute atomic E-state index is 0.103. The summed E-state index contributed by atoms with van der Waals surface area (Å²) in [5.74, 6) is -0.144. The van der Waals surface area contributed by atoms with Crippen molar-refractivity contribution in [3.05, 3.63) is 98.9 Å². The number of nitrogens with zero attached hydrogens (tertiary/aromatic N) is 2. The number of halogens is 1. The van der Waals surface area contributed by atoms with Gasteiger partial charge in [-0.15, -0.1) is 0 Å². The van der Waals surface area contributed by atoms with Gasteiger partial charge in [0.2, 0.25) is 5.91 Å². The molecule has 166 valence electrons. The summed E-state index contributed by atoms with van der Waals surface area (Å²) < 4.78 is 6.11. The SMILES string of the molecule is Cc1ccc(C[C@H]2S/C(=C(/C#N)C(=O)NCc3ccco3)N(c3ccc(Br)cc3)C2=O)cc1. The van der Waals surface area contributed by atoms with Crippen LogP contribution in [0, 0.1) is 18.3 Å². The van der Waals surface area contributed by atoms with Crippen LogP contribution in [0.25, 0.3) is 0 Å². The molecule has 2 aromatic carbocycles. The number of thioether (sulfide) groups is 1. The molecule has 1 saturated heterocycles. The number of carbonyl (C=O) groups is 2. The topological polar surface area (TPSA) is 86.3 Å². The summed E-state index contributed by atoms with van der Waals surface area (Å²) in [6.07, 6.45) is 2.01. The number of nitriles is 1. The van der Waals surface area contributed by atoms with E-state index in [0.717, 1.165) is 15.6 Å². The van der Waals surface area contributed by atoms with Crippen LogP contribution in [0.15, 0.2) is 86.4 Å². The fourth-order valence-electron chi connectivity index (χ4n) is 3.42. The first-order valence-electron chi connectivity index (χ1n) is 10.2. The predicted molar refractivity (Wildman–Crippen MR) is 131 cm³/mol. The molecular weight excluding hydrogens is 502 g/mol. The van der Waals surface area contributed by atoms with Gasteiger partial charge < -0.3 is 9.73 Å². The van der Waals surface area contributed by atoms with Crippen molar-refractivity contribution < 1.29 is 14.0 Å². The van der Waals surface area contributed by atoms with Gasteiger partial charge in [0.1, 0.15) is 22.4 Å². The number of rotatable bonds is 6. The van der Waals surface area contributed by atoms with Crippen LogP contribution in [0.4, 0.5) is 5.69 Å². The number of aryl methyl sites for hydroxylation is 1. The van der Waals surface area contributed by atoms with Crippen LogP contribution in [-0.4, -0.2) is 17.1 Å². The number of benzene rings is 2. The number of carbonyl (C=O) groups excluding carboxylic acids is 2. The van der Waals surface area contributed by atoms with Crippen LogP contribution in [0.2, 0.25) is 0 Å². The number of hydrogen-bond acceptors (Lipinski definition) is 5. The highest BCUT2D eigenvalue weighted by molar-refractivity contribution is 9.10. The molecule has 1 fully saturated rings. The maximum Gasteiger partial charge on any atom is 0.265 e. The van der Waals surface area contributed by atoms with E-state index in [1.807, 2.05) is 49.4 Å². The van der Waals surface area contributed by atoms with Crippen molar-refractivity contribution in [1.82, 2.24) is 5.32 Å². The van der Waals surface area contributed by atoms with E-state index < -0.39 is 11.2 Å². The maximum atomic E-state index is 13.5. The van der Waals surface area contributed by atoms with E-state index in [4.69, 9.17) is 4.42 Å². The second-order valence-corrected chi connectivity index (χ2v) is 9.61. The standard InChI is InChI=1S/C25H20BrN3O3S/c1-16-4-6-17(7-5-16)13-22-24(31)29(19-10-8-18(26)9-11-19)25(33-22)21(14-27)23(30)28-15-20-3-2-12-32-20/h2-12,22H,13,15H2,1H3,(H,28,30)/b25-21-/t22-/m1/s1. The summed E-state index contributed by atoms with van der Waals surface area (Å²) in [6, 6.07) is 20.7. The molecule has 1 aromatic heterocycles. The van der Waals surface area contributed by atoms with Crippen molar-refractivity contribution in [2.75, 3.05) is 4.90 Å². The van der Waals surface area contributed by atoms with Gasteiger partial charge in [0, 0.05) is 10.2 Å². The van der Waals surface area contributed by atoms with Crippen LogP contribution >= 0.6 is 27.7 Å². The summed E-state index contributed by atoms with van der Waals surface area (Å²) in [4.78, 5) is 27.8. The maximum absolute atomic E-state index is 13.5. The van der Waals surface area contributed by atoms with E-state index in [1.54, 1.807) is 24.3 Å². The Balaban J connectivity index is 1.67. The molecule has 33 heavy (non-hydrogen) atoms. The summed E-state index contributed by atoms with van der Waals surface area (Å²) in [5, 5.41) is 12.5. The van der Waals surface area contributed by atoms with Crippen molar-refractivity contribution in [3.8, 4) is 6.07 Å². The second-order valence-electron chi connectivity index (χ2n) is 7.50. The third kappa shape index (κ3) is 5.21. The number of amides is 2. The zero-order valence-corrected chi connectivity index (χ0v) is 20.2. The molecular formula is C25H20BrN3O3S. The average Bonchev–Trinajstić information content (AvgIpc) is 3.44. The van der Waals surface area contributed by atoms with E-state index >= 15 is 0 Å². The van der Waals surface area contributed by atoms with Crippen LogP contribution in [-0.2, 0) is 22.6 Å². The average molecular weight is 522 g/mol. The molecule has 6 nitrogen and oxygen atoms in total. The number of anilines is 1. The highest BCUT2D eigenvalue weighted by Gasteiger charge is 2.40. The Morgan fingerprint density at radius 1 is 1.18 bits per heavy atom. The summed E-state index contributed by atoms with van der Waals surface area (Å²) >= 11 is 4.65. The normalized spacial score (nSPS) is 17.1. The summed E-state index contributed by atoms with van der Waals surface area (Å²) in [6.45, 7) is 2.16. The van der Waals surface area contributed by atoms with Gasteiger partial charge in [-0.05, 0) is 55.3 Å². The van der Waals surface area contributed by atoms with Crippen molar-refractivity contribution in [2.24, 2.45) is 0 Å². The Kier molecular flexibility index (Phi) is 7.02. The second kappa shape index (κ2) is 10.1. The molecule has 0 bridgehead atoms. The molecule has 0 spiro atoms. The predicted octanol–water partition coefficient (Wildman–Crippen LogP) is 5.09. The lowest BCUT2D eigenvalue weighted by molar-refractivity contribution is -0.117. The van der Waals surface area contributed by atoms with Gasteiger partial charge in [-0.3, -0.25) is 14.5 Å². The molecule has 0 aliphatic carbocycles. The van der Waals surface area contributed by atoms with Gasteiger partial charge in [0.15, 0.2) is 0 Å². The van der Waals surface area contributed by atoms with Crippen LogP contribution < -0.4 is 10.2 Å². The van der Waals surface area contributed by atoms with Gasteiger partial charge in [-0.1, -0.05) is 57.5 Å². The third-order valence-corrected chi connectivity index (χ3v) is 6.93. The lowest BCUT2D eigenvalue weighted by Crippen LogP contribution is -2.32. The van der Waals surface area contributed by atoms with Crippen LogP contribution in [0.1, 0.15) is 16.9 Å². The Labute approximate surface area is 204 Å².